The lowest BCUT2D eigenvalue weighted by molar-refractivity contribution is -0.302. The normalized spacial score (nSPS) is 20.9. The van der Waals surface area contributed by atoms with Crippen LogP contribution in [0, 0.1) is 0 Å². The molecule has 1 fully saturated rings. The SMILES string of the molecule is CCCCCCCCCCCCCCCCCCCCCCCC(=O)NC(CO[C@H]1O[C@H](CO)[C@H](O)[C@H](O)[C@H]1O)C(O)CCCCCCCCCCCCCCC. The first-order valence-corrected chi connectivity index (χ1v) is 24.7. The molecule has 9 heteroatoms. The van der Waals surface area contributed by atoms with E-state index in [0.29, 0.717) is 12.8 Å². The second-order valence-electron chi connectivity index (χ2n) is 17.6. The summed E-state index contributed by atoms with van der Waals surface area (Å²) in [5.41, 5.74) is 0. The second-order valence-corrected chi connectivity index (χ2v) is 17.6. The number of aliphatic hydroxyl groups excluding tert-OH is 5. The Bertz CT molecular complexity index is 862. The molecule has 57 heavy (non-hydrogen) atoms. The lowest BCUT2D eigenvalue weighted by atomic mass is 9.99. The fraction of sp³-hybridized carbons (Fsp3) is 0.979. The standard InChI is InChI=1S/C48H95NO8/c1-3-5-7-9-11-13-15-17-18-19-20-21-22-23-24-26-28-30-32-34-36-38-44(52)49-41(40-56-48-47(55)46(54)45(53)43(39-50)57-48)42(51)37-35-33-31-29-27-25-16-14-12-10-8-6-4-2/h41-43,45-48,50-51,53-55H,3-40H2,1-2H3,(H,49,52)/t41?,42?,43-,45+,46+,47-,48+/m1/s1. The zero-order valence-corrected chi connectivity index (χ0v) is 37.4. The first kappa shape index (κ1) is 54.2. The van der Waals surface area contributed by atoms with Gasteiger partial charge < -0.3 is 40.3 Å². The van der Waals surface area contributed by atoms with Gasteiger partial charge >= 0.3 is 0 Å². The van der Waals surface area contributed by atoms with Crippen molar-refractivity contribution >= 4 is 5.91 Å². The molecule has 0 saturated carbocycles. The van der Waals surface area contributed by atoms with E-state index in [1.165, 1.54) is 180 Å². The minimum absolute atomic E-state index is 0.132. The first-order valence-electron chi connectivity index (χ1n) is 24.7. The predicted octanol–water partition coefficient (Wildman–Crippen LogP) is 10.7. The van der Waals surface area contributed by atoms with Crippen molar-refractivity contribution in [3.8, 4) is 0 Å². The molecule has 340 valence electrons. The Balaban J connectivity index is 2.24. The largest absolute Gasteiger partial charge is 0.394 e. The molecule has 0 bridgehead atoms. The minimum Gasteiger partial charge on any atom is -0.394 e. The van der Waals surface area contributed by atoms with Crippen LogP contribution in [0.3, 0.4) is 0 Å². The molecule has 0 aromatic heterocycles. The highest BCUT2D eigenvalue weighted by Crippen LogP contribution is 2.23. The molecule has 1 aliphatic heterocycles. The maximum Gasteiger partial charge on any atom is 0.220 e. The van der Waals surface area contributed by atoms with Crippen LogP contribution >= 0.6 is 0 Å². The molecule has 9 nitrogen and oxygen atoms in total. The first-order chi connectivity index (χ1) is 27.8. The Morgan fingerprint density at radius 2 is 0.877 bits per heavy atom. The summed E-state index contributed by atoms with van der Waals surface area (Å²) in [5.74, 6) is -0.139. The van der Waals surface area contributed by atoms with Crippen molar-refractivity contribution in [2.45, 2.75) is 288 Å². The van der Waals surface area contributed by atoms with Crippen LogP contribution in [-0.2, 0) is 14.3 Å². The maximum atomic E-state index is 13.0. The molecule has 2 unspecified atom stereocenters. The fourth-order valence-corrected chi connectivity index (χ4v) is 8.22. The van der Waals surface area contributed by atoms with Gasteiger partial charge in [-0.1, -0.05) is 226 Å². The van der Waals surface area contributed by atoms with Crippen LogP contribution in [0.4, 0.5) is 0 Å². The highest BCUT2D eigenvalue weighted by atomic mass is 16.7. The van der Waals surface area contributed by atoms with Crippen LogP contribution in [0.15, 0.2) is 0 Å². The van der Waals surface area contributed by atoms with E-state index in [9.17, 15) is 30.3 Å². The van der Waals surface area contributed by atoms with Crippen LogP contribution in [0.1, 0.15) is 245 Å². The monoisotopic (exact) mass is 814 g/mol. The van der Waals surface area contributed by atoms with Crippen molar-refractivity contribution in [1.82, 2.24) is 5.32 Å². The van der Waals surface area contributed by atoms with Crippen LogP contribution < -0.4 is 5.32 Å². The van der Waals surface area contributed by atoms with E-state index in [-0.39, 0.29) is 12.5 Å². The van der Waals surface area contributed by atoms with Gasteiger partial charge in [0.15, 0.2) is 6.29 Å². The van der Waals surface area contributed by atoms with E-state index in [1.807, 2.05) is 0 Å². The quantitative estimate of drug-likeness (QED) is 0.0334. The summed E-state index contributed by atoms with van der Waals surface area (Å²) >= 11 is 0. The van der Waals surface area contributed by atoms with Gasteiger partial charge in [0.1, 0.15) is 24.4 Å². The highest BCUT2D eigenvalue weighted by molar-refractivity contribution is 5.76. The van der Waals surface area contributed by atoms with Crippen LogP contribution in [0.2, 0.25) is 0 Å². The molecular weight excluding hydrogens is 719 g/mol. The lowest BCUT2D eigenvalue weighted by Crippen LogP contribution is -2.60. The topological polar surface area (TPSA) is 149 Å². The number of carbonyl (C=O) groups excluding carboxylic acids is 1. The molecule has 1 rings (SSSR count). The molecule has 6 N–H and O–H groups in total. The van der Waals surface area contributed by atoms with E-state index < -0.39 is 49.5 Å². The summed E-state index contributed by atoms with van der Waals surface area (Å²) in [6.07, 6.45) is 36.8. The van der Waals surface area contributed by atoms with Crippen molar-refractivity contribution in [1.29, 1.82) is 0 Å². The number of hydrogen-bond donors (Lipinski definition) is 6. The predicted molar refractivity (Wildman–Crippen MR) is 235 cm³/mol. The summed E-state index contributed by atoms with van der Waals surface area (Å²) in [5, 5.41) is 54.4. The molecule has 1 amide bonds. The Labute approximate surface area is 351 Å². The summed E-state index contributed by atoms with van der Waals surface area (Å²) in [6, 6.07) is -0.711. The Kier molecular flexibility index (Phi) is 37.4. The third kappa shape index (κ3) is 30.0. The number of hydrogen-bond acceptors (Lipinski definition) is 8. The molecule has 1 aliphatic rings. The number of ether oxygens (including phenoxy) is 2. The number of carbonyl (C=O) groups is 1. The molecule has 1 heterocycles. The minimum atomic E-state index is -1.55. The van der Waals surface area contributed by atoms with E-state index in [4.69, 9.17) is 9.47 Å². The Hall–Kier alpha value is -0.810. The number of aliphatic hydroxyl groups is 5. The van der Waals surface area contributed by atoms with Crippen molar-refractivity contribution in [2.24, 2.45) is 0 Å². The van der Waals surface area contributed by atoms with Gasteiger partial charge in [-0.2, -0.15) is 0 Å². The smallest absolute Gasteiger partial charge is 0.220 e. The lowest BCUT2D eigenvalue weighted by Gasteiger charge is -2.40. The fourth-order valence-electron chi connectivity index (χ4n) is 8.22. The van der Waals surface area contributed by atoms with Crippen LogP contribution in [0.5, 0.6) is 0 Å². The third-order valence-corrected chi connectivity index (χ3v) is 12.2. The highest BCUT2D eigenvalue weighted by Gasteiger charge is 2.44. The van der Waals surface area contributed by atoms with Gasteiger partial charge in [-0.05, 0) is 12.8 Å². The van der Waals surface area contributed by atoms with E-state index in [2.05, 4.69) is 19.2 Å². The molecule has 0 aromatic carbocycles. The van der Waals surface area contributed by atoms with Gasteiger partial charge in [0, 0.05) is 6.42 Å². The summed E-state index contributed by atoms with van der Waals surface area (Å²) in [7, 11) is 0. The summed E-state index contributed by atoms with van der Waals surface area (Å²) in [4.78, 5) is 13.0. The average Bonchev–Trinajstić information content (AvgIpc) is 3.21. The Morgan fingerprint density at radius 1 is 0.526 bits per heavy atom. The third-order valence-electron chi connectivity index (χ3n) is 12.2. The van der Waals surface area contributed by atoms with Crippen LogP contribution in [0.25, 0.3) is 0 Å². The Morgan fingerprint density at radius 3 is 1.25 bits per heavy atom. The van der Waals surface area contributed by atoms with Gasteiger partial charge in [-0.15, -0.1) is 0 Å². The van der Waals surface area contributed by atoms with Crippen molar-refractivity contribution in [3.63, 3.8) is 0 Å². The van der Waals surface area contributed by atoms with Crippen molar-refractivity contribution < 1.29 is 39.8 Å². The van der Waals surface area contributed by atoms with Crippen LogP contribution in [-0.4, -0.2) is 87.5 Å². The van der Waals surface area contributed by atoms with Gasteiger partial charge in [0.2, 0.25) is 5.91 Å². The zero-order valence-electron chi connectivity index (χ0n) is 37.4. The van der Waals surface area contributed by atoms with Gasteiger partial charge in [-0.3, -0.25) is 4.79 Å². The second kappa shape index (κ2) is 39.3. The number of amides is 1. The van der Waals surface area contributed by atoms with Gasteiger partial charge in [0.25, 0.3) is 0 Å². The van der Waals surface area contributed by atoms with Crippen molar-refractivity contribution in [2.75, 3.05) is 13.2 Å². The number of nitrogens with one attached hydrogen (secondary N) is 1. The van der Waals surface area contributed by atoms with Gasteiger partial charge in [-0.25, -0.2) is 0 Å². The zero-order chi connectivity index (χ0) is 41.6. The molecule has 1 saturated heterocycles. The van der Waals surface area contributed by atoms with E-state index >= 15 is 0 Å². The number of rotatable bonds is 42. The number of unbranched alkanes of at least 4 members (excludes halogenated alkanes) is 32. The van der Waals surface area contributed by atoms with Gasteiger partial charge in [0.05, 0.1) is 25.4 Å². The molecular formula is C48H95NO8. The summed E-state index contributed by atoms with van der Waals surface area (Å²) in [6.45, 7) is 3.85. The summed E-state index contributed by atoms with van der Waals surface area (Å²) < 4.78 is 11.3. The van der Waals surface area contributed by atoms with E-state index in [1.54, 1.807) is 0 Å². The maximum absolute atomic E-state index is 13.0. The molecule has 0 spiro atoms. The molecule has 0 radical (unpaired) electrons. The molecule has 0 aromatic rings. The van der Waals surface area contributed by atoms with Crippen molar-refractivity contribution in [3.05, 3.63) is 0 Å². The average molecular weight is 814 g/mol. The molecule has 7 atom stereocenters. The molecule has 0 aliphatic carbocycles. The van der Waals surface area contributed by atoms with E-state index in [0.717, 1.165) is 38.5 Å².